The van der Waals surface area contributed by atoms with E-state index >= 15 is 0 Å². The number of carbonyl (C=O) groups is 1. The van der Waals surface area contributed by atoms with Crippen molar-refractivity contribution in [2.75, 3.05) is 6.54 Å². The summed E-state index contributed by atoms with van der Waals surface area (Å²) in [5.41, 5.74) is 8.05. The van der Waals surface area contributed by atoms with Gasteiger partial charge >= 0.3 is 0 Å². The molecule has 1 fully saturated rings. The van der Waals surface area contributed by atoms with E-state index in [9.17, 15) is 4.79 Å². The molecule has 0 bridgehead atoms. The van der Waals surface area contributed by atoms with Crippen LogP contribution in [0.25, 0.3) is 0 Å². The molecule has 0 spiro atoms. The van der Waals surface area contributed by atoms with Gasteiger partial charge in [0.15, 0.2) is 0 Å². The Morgan fingerprint density at radius 2 is 1.94 bits per heavy atom. The first kappa shape index (κ1) is 26.5. The minimum absolute atomic E-state index is 0.106. The number of hydrogen-bond acceptors (Lipinski definition) is 3. The fraction of sp³-hybridized carbons (Fsp3) is 0.467. The normalized spacial score (nSPS) is 21.3. The second kappa shape index (κ2) is 11.6. The van der Waals surface area contributed by atoms with Gasteiger partial charge in [-0.25, -0.2) is 0 Å². The Morgan fingerprint density at radius 1 is 1.20 bits per heavy atom. The van der Waals surface area contributed by atoms with Crippen LogP contribution >= 0.6 is 0 Å². The highest BCUT2D eigenvalue weighted by atomic mass is 16.2. The molecule has 1 saturated heterocycles. The fourth-order valence-corrected chi connectivity index (χ4v) is 4.89. The van der Waals surface area contributed by atoms with E-state index in [2.05, 4.69) is 80.9 Å². The van der Waals surface area contributed by atoms with E-state index in [0.29, 0.717) is 23.1 Å². The molecule has 0 aromatic heterocycles. The predicted octanol–water partition coefficient (Wildman–Crippen LogP) is 6.00. The number of nitrogens with one attached hydrogen (secondary N) is 4. The Balaban J connectivity index is 1.89. The summed E-state index contributed by atoms with van der Waals surface area (Å²) in [5.74, 6) is 1.34. The number of benzene rings is 1. The van der Waals surface area contributed by atoms with Gasteiger partial charge in [-0.3, -0.25) is 10.2 Å². The van der Waals surface area contributed by atoms with Crippen LogP contribution in [0, 0.1) is 24.2 Å². The summed E-state index contributed by atoms with van der Waals surface area (Å²) >= 11 is 0. The number of amides is 1. The highest BCUT2D eigenvalue weighted by molar-refractivity contribution is 6.06. The largest absolute Gasteiger partial charge is 0.388 e. The van der Waals surface area contributed by atoms with Crippen LogP contribution in [0.3, 0.4) is 0 Å². The number of amidine groups is 1. The maximum atomic E-state index is 13.0. The van der Waals surface area contributed by atoms with Crippen molar-refractivity contribution in [3.05, 3.63) is 81.4 Å². The van der Waals surface area contributed by atoms with Gasteiger partial charge in [-0.15, -0.1) is 0 Å². The molecule has 2 aliphatic rings. The fourth-order valence-electron chi connectivity index (χ4n) is 4.89. The van der Waals surface area contributed by atoms with Crippen LogP contribution in [-0.4, -0.2) is 18.3 Å². The lowest BCUT2D eigenvalue weighted by Gasteiger charge is -2.28. The van der Waals surface area contributed by atoms with E-state index in [-0.39, 0.29) is 17.7 Å². The second-order valence-corrected chi connectivity index (χ2v) is 10.2. The Bertz CT molecular complexity index is 1100. The van der Waals surface area contributed by atoms with Crippen LogP contribution in [0.15, 0.2) is 64.7 Å². The standard InChI is InChI=1S/C30H42N4O/c1-8-22-11-10-19(5)24(15-22)25-17-26-27(16-23(25)9-2)34-30(35)29(26)21(7)33-28(31)14-20(6)32-13-12-18(3)4/h10-11,14-18,23,25,32H,8-9,12-13H2,1-7H3,(H2,31,33)(H,34,35)/b20-14-,29-21-. The van der Waals surface area contributed by atoms with Crippen LogP contribution in [0.4, 0.5) is 0 Å². The Labute approximate surface area is 211 Å². The van der Waals surface area contributed by atoms with E-state index in [1.165, 1.54) is 16.7 Å². The van der Waals surface area contributed by atoms with Crippen molar-refractivity contribution in [2.24, 2.45) is 11.8 Å². The molecule has 1 aromatic rings. The highest BCUT2D eigenvalue weighted by Gasteiger charge is 2.35. The third-order valence-corrected chi connectivity index (χ3v) is 6.99. The minimum Gasteiger partial charge on any atom is -0.388 e. The Kier molecular flexibility index (Phi) is 8.76. The Morgan fingerprint density at radius 3 is 2.60 bits per heavy atom. The topological polar surface area (TPSA) is 77.0 Å². The molecule has 5 nitrogen and oxygen atoms in total. The van der Waals surface area contributed by atoms with E-state index in [0.717, 1.165) is 42.8 Å². The molecule has 1 heterocycles. The summed E-state index contributed by atoms with van der Waals surface area (Å²) in [4.78, 5) is 13.0. The van der Waals surface area contributed by atoms with Gasteiger partial charge in [0.05, 0.1) is 5.57 Å². The third kappa shape index (κ3) is 6.33. The molecule has 2 atom stereocenters. The van der Waals surface area contributed by atoms with Crippen molar-refractivity contribution < 1.29 is 4.79 Å². The number of aryl methyl sites for hydroxylation is 2. The molecule has 2 unspecified atom stereocenters. The third-order valence-electron chi connectivity index (χ3n) is 6.99. The lowest BCUT2D eigenvalue weighted by molar-refractivity contribution is -0.115. The molecule has 1 aliphatic heterocycles. The predicted molar refractivity (Wildman–Crippen MR) is 146 cm³/mol. The zero-order valence-electron chi connectivity index (χ0n) is 22.4. The van der Waals surface area contributed by atoms with E-state index in [4.69, 9.17) is 5.41 Å². The monoisotopic (exact) mass is 474 g/mol. The first-order chi connectivity index (χ1) is 16.6. The first-order valence-electron chi connectivity index (χ1n) is 13.0. The van der Waals surface area contributed by atoms with Gasteiger partial charge in [-0.2, -0.15) is 0 Å². The SMILES string of the molecule is CCc1ccc(C)c(C2C=C3C(=CC2CC)NC(=O)/C3=C(/C)NC(=N)/C=C(/C)NCCC(C)C)c1. The number of fused-ring (bicyclic) bond motifs is 1. The molecule has 188 valence electrons. The molecule has 1 aromatic carbocycles. The highest BCUT2D eigenvalue weighted by Crippen LogP contribution is 2.42. The van der Waals surface area contributed by atoms with Crippen molar-refractivity contribution in [3.8, 4) is 0 Å². The number of rotatable bonds is 9. The van der Waals surface area contributed by atoms with Crippen LogP contribution in [-0.2, 0) is 11.2 Å². The lowest BCUT2D eigenvalue weighted by atomic mass is 9.76. The van der Waals surface area contributed by atoms with Crippen molar-refractivity contribution >= 4 is 11.7 Å². The molecule has 35 heavy (non-hydrogen) atoms. The first-order valence-corrected chi connectivity index (χ1v) is 13.0. The van der Waals surface area contributed by atoms with Crippen LogP contribution in [0.2, 0.25) is 0 Å². The van der Waals surface area contributed by atoms with Gasteiger partial charge in [-0.05, 0) is 74.6 Å². The van der Waals surface area contributed by atoms with Gasteiger partial charge < -0.3 is 16.0 Å². The van der Waals surface area contributed by atoms with Crippen LogP contribution < -0.4 is 16.0 Å². The van der Waals surface area contributed by atoms with E-state index in [1.807, 2.05) is 13.8 Å². The zero-order valence-corrected chi connectivity index (χ0v) is 22.4. The average Bonchev–Trinajstić information content (AvgIpc) is 3.12. The quantitative estimate of drug-likeness (QED) is 0.201. The van der Waals surface area contributed by atoms with Gasteiger partial charge in [0.2, 0.25) is 0 Å². The second-order valence-electron chi connectivity index (χ2n) is 10.2. The van der Waals surface area contributed by atoms with Crippen molar-refractivity contribution in [3.63, 3.8) is 0 Å². The molecule has 0 radical (unpaired) electrons. The molecular formula is C30H42N4O. The number of carbonyl (C=O) groups excluding carboxylic acids is 1. The molecule has 1 amide bonds. The maximum Gasteiger partial charge on any atom is 0.258 e. The summed E-state index contributed by atoms with van der Waals surface area (Å²) in [6.07, 6.45) is 9.35. The zero-order chi connectivity index (χ0) is 25.7. The number of hydrogen-bond donors (Lipinski definition) is 4. The molecule has 3 rings (SSSR count). The number of allylic oxidation sites excluding steroid dienone is 5. The van der Waals surface area contributed by atoms with Crippen molar-refractivity contribution in [1.29, 1.82) is 5.41 Å². The summed E-state index contributed by atoms with van der Waals surface area (Å²) in [5, 5.41) is 18.0. The van der Waals surface area contributed by atoms with E-state index < -0.39 is 0 Å². The molecular weight excluding hydrogens is 432 g/mol. The van der Waals surface area contributed by atoms with Crippen LogP contribution in [0.1, 0.15) is 77.0 Å². The molecule has 1 aliphatic carbocycles. The van der Waals surface area contributed by atoms with Gasteiger partial charge in [0.1, 0.15) is 5.84 Å². The minimum atomic E-state index is -0.106. The maximum absolute atomic E-state index is 13.0. The molecule has 4 N–H and O–H groups in total. The molecule has 0 saturated carbocycles. The summed E-state index contributed by atoms with van der Waals surface area (Å²) in [6, 6.07) is 6.74. The summed E-state index contributed by atoms with van der Waals surface area (Å²) in [6.45, 7) is 15.7. The smallest absolute Gasteiger partial charge is 0.258 e. The van der Waals surface area contributed by atoms with E-state index in [1.54, 1.807) is 6.08 Å². The van der Waals surface area contributed by atoms with Crippen molar-refractivity contribution in [1.82, 2.24) is 16.0 Å². The summed E-state index contributed by atoms with van der Waals surface area (Å²) in [7, 11) is 0. The summed E-state index contributed by atoms with van der Waals surface area (Å²) < 4.78 is 0. The van der Waals surface area contributed by atoms with Gasteiger partial charge in [0, 0.05) is 35.1 Å². The van der Waals surface area contributed by atoms with Crippen LogP contribution in [0.5, 0.6) is 0 Å². The molecule has 5 heteroatoms. The van der Waals surface area contributed by atoms with Crippen molar-refractivity contribution in [2.45, 2.75) is 73.6 Å². The van der Waals surface area contributed by atoms with Gasteiger partial charge in [-0.1, -0.05) is 58.0 Å². The lowest BCUT2D eigenvalue weighted by Crippen LogP contribution is -2.24. The average molecular weight is 475 g/mol. The Hall–Kier alpha value is -3.08. The van der Waals surface area contributed by atoms with Gasteiger partial charge in [0.25, 0.3) is 5.91 Å².